The second kappa shape index (κ2) is 8.84. The minimum atomic E-state index is -1.68. The molecule has 1 atom stereocenters. The lowest BCUT2D eigenvalue weighted by molar-refractivity contribution is -0.137. The third kappa shape index (κ3) is 4.47. The summed E-state index contributed by atoms with van der Waals surface area (Å²) in [5.74, 6) is 6.12. The van der Waals surface area contributed by atoms with Gasteiger partial charge in [0.25, 0.3) is 5.91 Å². The summed E-state index contributed by atoms with van der Waals surface area (Å²) < 4.78 is 6.88. The highest BCUT2D eigenvalue weighted by molar-refractivity contribution is 5.90. The molecule has 4 rings (SSSR count). The van der Waals surface area contributed by atoms with Crippen molar-refractivity contribution >= 4 is 11.9 Å². The van der Waals surface area contributed by atoms with Crippen LogP contribution in [0.4, 0.5) is 0 Å². The van der Waals surface area contributed by atoms with E-state index in [2.05, 4.69) is 26.8 Å². The first kappa shape index (κ1) is 22.2. The number of ether oxygens (including phenoxy) is 1. The molecule has 1 aliphatic rings. The molecule has 1 fully saturated rings. The van der Waals surface area contributed by atoms with Gasteiger partial charge in [-0.05, 0) is 26.0 Å². The van der Waals surface area contributed by atoms with E-state index in [0.29, 0.717) is 35.1 Å². The van der Waals surface area contributed by atoms with Gasteiger partial charge < -0.3 is 14.7 Å². The zero-order valence-electron chi connectivity index (χ0n) is 18.6. The third-order valence-electron chi connectivity index (χ3n) is 5.31. The summed E-state index contributed by atoms with van der Waals surface area (Å²) in [5.41, 5.74) is -0.366. The molecular formula is C24H23N5O4. The monoisotopic (exact) mass is 445 g/mol. The molecule has 1 amide bonds. The van der Waals surface area contributed by atoms with E-state index < -0.39 is 17.5 Å². The smallest absolute Gasteiger partial charge is 0.357 e. The Morgan fingerprint density at radius 3 is 2.79 bits per heavy atom. The van der Waals surface area contributed by atoms with Crippen LogP contribution in [0.2, 0.25) is 0 Å². The summed E-state index contributed by atoms with van der Waals surface area (Å²) >= 11 is 0. The highest BCUT2D eigenvalue weighted by atomic mass is 16.5. The number of amides is 1. The van der Waals surface area contributed by atoms with Crippen LogP contribution < -0.4 is 0 Å². The lowest BCUT2D eigenvalue weighted by atomic mass is 10.0. The second-order valence-corrected chi connectivity index (χ2v) is 7.67. The lowest BCUT2D eigenvalue weighted by Gasteiger charge is -2.13. The van der Waals surface area contributed by atoms with Gasteiger partial charge >= 0.3 is 5.97 Å². The Morgan fingerprint density at radius 2 is 2.12 bits per heavy atom. The molecule has 3 heterocycles. The number of aliphatic hydroxyl groups is 1. The zero-order valence-corrected chi connectivity index (χ0v) is 18.6. The van der Waals surface area contributed by atoms with Crippen LogP contribution in [0.5, 0.6) is 0 Å². The number of benzene rings is 1. The number of carbonyl (C=O) groups excluding carboxylic acids is 2. The Bertz CT molecular complexity index is 1290. The van der Waals surface area contributed by atoms with Crippen molar-refractivity contribution in [2.45, 2.75) is 25.9 Å². The second-order valence-electron chi connectivity index (χ2n) is 7.67. The topological polar surface area (TPSA) is 110 Å². The van der Waals surface area contributed by atoms with Crippen molar-refractivity contribution in [2.24, 2.45) is 0 Å². The van der Waals surface area contributed by atoms with Crippen LogP contribution in [0, 0.1) is 18.8 Å². The maximum atomic E-state index is 12.4. The summed E-state index contributed by atoms with van der Waals surface area (Å²) in [6.45, 7) is 4.23. The molecule has 0 bridgehead atoms. The van der Waals surface area contributed by atoms with Gasteiger partial charge in [-0.15, -0.1) is 0 Å². The number of hydrogen-bond acceptors (Lipinski definition) is 7. The van der Waals surface area contributed by atoms with E-state index in [1.165, 1.54) is 4.90 Å². The van der Waals surface area contributed by atoms with Crippen LogP contribution in [0.25, 0.3) is 17.2 Å². The highest BCUT2D eigenvalue weighted by Gasteiger charge is 2.42. The Kier molecular flexibility index (Phi) is 5.94. The van der Waals surface area contributed by atoms with Gasteiger partial charge in [-0.1, -0.05) is 24.0 Å². The minimum Gasteiger partial charge on any atom is -0.461 e. The molecule has 0 radical (unpaired) electrons. The molecule has 0 unspecified atom stereocenters. The van der Waals surface area contributed by atoms with Gasteiger partial charge in [-0.25, -0.2) is 19.7 Å². The van der Waals surface area contributed by atoms with Crippen LogP contribution in [-0.4, -0.2) is 67.2 Å². The van der Waals surface area contributed by atoms with E-state index in [1.54, 1.807) is 61.3 Å². The van der Waals surface area contributed by atoms with Crippen molar-refractivity contribution in [3.05, 3.63) is 59.8 Å². The van der Waals surface area contributed by atoms with Gasteiger partial charge in [-0.2, -0.15) is 0 Å². The molecule has 1 aliphatic heterocycles. The molecule has 1 saturated heterocycles. The number of esters is 1. The predicted molar refractivity (Wildman–Crippen MR) is 119 cm³/mol. The fourth-order valence-corrected chi connectivity index (χ4v) is 3.50. The molecule has 9 nitrogen and oxygen atoms in total. The Hall–Kier alpha value is -4.03. The number of likely N-dealkylation sites (tertiary alicyclic amines) is 1. The molecule has 9 heteroatoms. The molecule has 2 aromatic heterocycles. The van der Waals surface area contributed by atoms with Gasteiger partial charge in [0.2, 0.25) is 5.60 Å². The molecule has 0 saturated carbocycles. The van der Waals surface area contributed by atoms with Crippen molar-refractivity contribution in [1.82, 2.24) is 24.4 Å². The number of likely N-dealkylation sites (N-methyl/N-ethyl adjacent to an activating group) is 1. The van der Waals surface area contributed by atoms with Crippen molar-refractivity contribution in [3.8, 4) is 29.0 Å². The van der Waals surface area contributed by atoms with Gasteiger partial charge in [0.05, 0.1) is 6.61 Å². The molecule has 0 aliphatic carbocycles. The van der Waals surface area contributed by atoms with E-state index in [1.807, 2.05) is 6.92 Å². The Morgan fingerprint density at radius 1 is 1.30 bits per heavy atom. The van der Waals surface area contributed by atoms with Gasteiger partial charge in [0.15, 0.2) is 11.5 Å². The van der Waals surface area contributed by atoms with E-state index in [-0.39, 0.29) is 18.7 Å². The van der Waals surface area contributed by atoms with Crippen LogP contribution in [0.15, 0.2) is 42.7 Å². The fraction of sp³-hybridized carbons (Fsp3) is 0.292. The summed E-state index contributed by atoms with van der Waals surface area (Å²) in [6.07, 6.45) is 3.64. The number of rotatable bonds is 4. The Balaban J connectivity index is 1.74. The Labute approximate surface area is 191 Å². The van der Waals surface area contributed by atoms with E-state index in [9.17, 15) is 14.7 Å². The molecule has 1 N–H and O–H groups in total. The largest absolute Gasteiger partial charge is 0.461 e. The lowest BCUT2D eigenvalue weighted by Crippen LogP contribution is -2.37. The number of carbonyl (C=O) groups is 2. The van der Waals surface area contributed by atoms with E-state index in [4.69, 9.17) is 4.74 Å². The van der Waals surface area contributed by atoms with Crippen molar-refractivity contribution < 1.29 is 19.4 Å². The molecule has 33 heavy (non-hydrogen) atoms. The predicted octanol–water partition coefficient (Wildman–Crippen LogP) is 1.76. The van der Waals surface area contributed by atoms with Crippen molar-refractivity contribution in [2.75, 3.05) is 20.2 Å². The number of imidazole rings is 1. The van der Waals surface area contributed by atoms with Gasteiger partial charge in [-0.3, -0.25) is 9.36 Å². The first-order valence-corrected chi connectivity index (χ1v) is 10.5. The summed E-state index contributed by atoms with van der Waals surface area (Å²) in [4.78, 5) is 39.3. The average molecular weight is 445 g/mol. The van der Waals surface area contributed by atoms with Crippen LogP contribution >= 0.6 is 0 Å². The summed E-state index contributed by atoms with van der Waals surface area (Å²) in [7, 11) is 1.63. The van der Waals surface area contributed by atoms with Crippen LogP contribution in [-0.2, 0) is 9.53 Å². The van der Waals surface area contributed by atoms with Gasteiger partial charge in [0.1, 0.15) is 11.6 Å². The standard InChI is InChI=1S/C24H23N5O4/c1-4-33-22(30)19-15-20(29-13-11-25-16(29)2)27-21(26-19)18-7-5-6-17(14-18)8-9-24(32)10-12-28(3)23(24)31/h5-7,11,13-15,32H,4,10,12H2,1-3H3/t24-/m0/s1. The van der Waals surface area contributed by atoms with E-state index in [0.717, 1.165) is 0 Å². The fourth-order valence-electron chi connectivity index (χ4n) is 3.50. The normalized spacial score (nSPS) is 17.6. The third-order valence-corrected chi connectivity index (χ3v) is 5.31. The molecule has 0 spiro atoms. The van der Waals surface area contributed by atoms with Crippen LogP contribution in [0.3, 0.4) is 0 Å². The average Bonchev–Trinajstić information content (AvgIpc) is 3.36. The van der Waals surface area contributed by atoms with Crippen molar-refractivity contribution in [1.29, 1.82) is 0 Å². The quantitative estimate of drug-likeness (QED) is 0.481. The van der Waals surface area contributed by atoms with Crippen LogP contribution in [0.1, 0.15) is 35.2 Å². The zero-order chi connectivity index (χ0) is 23.6. The highest BCUT2D eigenvalue weighted by Crippen LogP contribution is 2.22. The summed E-state index contributed by atoms with van der Waals surface area (Å²) in [6, 6.07) is 8.63. The van der Waals surface area contributed by atoms with Gasteiger partial charge in [0, 0.05) is 49.6 Å². The number of aromatic nitrogens is 4. The first-order chi connectivity index (χ1) is 15.8. The van der Waals surface area contributed by atoms with Crippen molar-refractivity contribution in [3.63, 3.8) is 0 Å². The molecular weight excluding hydrogens is 422 g/mol. The maximum Gasteiger partial charge on any atom is 0.357 e. The molecule has 1 aromatic carbocycles. The minimum absolute atomic E-state index is 0.121. The number of aryl methyl sites for hydroxylation is 1. The number of nitrogens with zero attached hydrogens (tertiary/aromatic N) is 5. The summed E-state index contributed by atoms with van der Waals surface area (Å²) in [5, 5.41) is 10.5. The molecule has 168 valence electrons. The SMILES string of the molecule is CCOC(=O)c1cc(-n2ccnc2C)nc(-c2cccc(C#C[C@]3(O)CCN(C)C3=O)c2)n1. The maximum absolute atomic E-state index is 12.4. The molecule has 3 aromatic rings. The number of hydrogen-bond donors (Lipinski definition) is 1. The van der Waals surface area contributed by atoms with E-state index >= 15 is 0 Å². The first-order valence-electron chi connectivity index (χ1n) is 10.5.